The predicted molar refractivity (Wildman–Crippen MR) is 141 cm³/mol. The minimum Gasteiger partial charge on any atom is -0.508 e. The summed E-state index contributed by atoms with van der Waals surface area (Å²) in [6.07, 6.45) is 0. The Kier molecular flexibility index (Phi) is 8.42. The van der Waals surface area contributed by atoms with Crippen LogP contribution in [0.1, 0.15) is 41.5 Å². The number of rotatable bonds is 9. The number of carbonyl (C=O) groups excluding carboxylic acids is 1. The monoisotopic (exact) mass is 508 g/mol. The van der Waals surface area contributed by atoms with Gasteiger partial charge < -0.3 is 25.2 Å². The molecule has 0 saturated carbocycles. The van der Waals surface area contributed by atoms with Crippen molar-refractivity contribution in [3.8, 4) is 28.6 Å². The van der Waals surface area contributed by atoms with Gasteiger partial charge in [0.05, 0.1) is 18.8 Å². The van der Waals surface area contributed by atoms with Crippen LogP contribution < -0.4 is 5.32 Å². The lowest BCUT2D eigenvalue weighted by atomic mass is 9.98. The molecule has 1 saturated heterocycles. The average Bonchev–Trinajstić information content (AvgIpc) is 3.29. The highest BCUT2D eigenvalue weighted by Crippen LogP contribution is 2.38. The third-order valence-electron chi connectivity index (χ3n) is 6.42. The maximum absolute atomic E-state index is 13.1. The number of nitrogens with one attached hydrogen (secondary N) is 1. The lowest BCUT2D eigenvalue weighted by Crippen LogP contribution is -2.35. The molecule has 37 heavy (non-hydrogen) atoms. The summed E-state index contributed by atoms with van der Waals surface area (Å²) in [4.78, 5) is 17.5. The zero-order valence-corrected chi connectivity index (χ0v) is 21.9. The smallest absolute Gasteiger partial charge is 0.289 e. The number of carbonyl (C=O) groups is 1. The van der Waals surface area contributed by atoms with Gasteiger partial charge in [-0.3, -0.25) is 14.3 Å². The fourth-order valence-corrected chi connectivity index (χ4v) is 4.33. The van der Waals surface area contributed by atoms with Crippen molar-refractivity contribution in [2.24, 2.45) is 0 Å². The first-order valence-electron chi connectivity index (χ1n) is 12.6. The molecule has 0 radical (unpaired) electrons. The molecule has 0 bridgehead atoms. The third kappa shape index (κ3) is 6.27. The van der Waals surface area contributed by atoms with Gasteiger partial charge in [-0.25, -0.2) is 0 Å². The van der Waals surface area contributed by atoms with Crippen molar-refractivity contribution in [2.75, 3.05) is 53.5 Å². The summed E-state index contributed by atoms with van der Waals surface area (Å²) < 4.78 is 7.09. The molecule has 1 aliphatic rings. The number of aromatic hydroxyl groups is 2. The SMILES string of the molecule is CC(C)c1cc(-c2nnc(C(=O)NCCN(C)C)n2-c2ccc(CN3CCOCC3)cc2)c(O)cc1O. The van der Waals surface area contributed by atoms with Crippen molar-refractivity contribution < 1.29 is 19.7 Å². The molecule has 4 rings (SSSR count). The van der Waals surface area contributed by atoms with Gasteiger partial charge in [-0.05, 0) is 49.3 Å². The van der Waals surface area contributed by atoms with Crippen LogP contribution in [0.2, 0.25) is 0 Å². The Morgan fingerprint density at radius 2 is 1.78 bits per heavy atom. The minimum atomic E-state index is -0.361. The quantitative estimate of drug-likeness (QED) is 0.404. The van der Waals surface area contributed by atoms with E-state index in [1.165, 1.54) is 6.07 Å². The summed E-state index contributed by atoms with van der Waals surface area (Å²) in [5.74, 6) is -0.0360. The lowest BCUT2D eigenvalue weighted by Gasteiger charge is -2.26. The Morgan fingerprint density at radius 1 is 1.08 bits per heavy atom. The summed E-state index contributed by atoms with van der Waals surface area (Å²) in [6.45, 7) is 9.13. The van der Waals surface area contributed by atoms with Crippen LogP contribution in [0.5, 0.6) is 11.5 Å². The summed E-state index contributed by atoms with van der Waals surface area (Å²) in [7, 11) is 3.87. The molecule has 2 aromatic carbocycles. The second kappa shape index (κ2) is 11.7. The molecule has 1 fully saturated rings. The molecular weight excluding hydrogens is 472 g/mol. The van der Waals surface area contributed by atoms with E-state index in [0.29, 0.717) is 35.7 Å². The number of nitrogens with zero attached hydrogens (tertiary/aromatic N) is 5. The topological polar surface area (TPSA) is 116 Å². The number of likely N-dealkylation sites (N-methyl/N-ethyl adjacent to an activating group) is 1. The van der Waals surface area contributed by atoms with Gasteiger partial charge in [0.2, 0.25) is 5.82 Å². The van der Waals surface area contributed by atoms with Crippen LogP contribution >= 0.6 is 0 Å². The fourth-order valence-electron chi connectivity index (χ4n) is 4.33. The summed E-state index contributed by atoms with van der Waals surface area (Å²) in [5.41, 5.74) is 2.90. The van der Waals surface area contributed by atoms with Crippen molar-refractivity contribution in [3.63, 3.8) is 0 Å². The second-order valence-electron chi connectivity index (χ2n) is 9.88. The lowest BCUT2D eigenvalue weighted by molar-refractivity contribution is 0.0342. The molecule has 0 atom stereocenters. The highest BCUT2D eigenvalue weighted by Gasteiger charge is 2.24. The van der Waals surface area contributed by atoms with E-state index in [9.17, 15) is 15.0 Å². The summed E-state index contributed by atoms with van der Waals surface area (Å²) >= 11 is 0. The van der Waals surface area contributed by atoms with E-state index in [0.717, 1.165) is 38.4 Å². The van der Waals surface area contributed by atoms with Crippen molar-refractivity contribution in [1.82, 2.24) is 29.9 Å². The molecule has 3 N–H and O–H groups in total. The van der Waals surface area contributed by atoms with E-state index in [1.807, 2.05) is 57.1 Å². The molecule has 0 aliphatic carbocycles. The molecule has 1 amide bonds. The van der Waals surface area contributed by atoms with Crippen LogP contribution in [0.25, 0.3) is 17.1 Å². The Morgan fingerprint density at radius 3 is 2.43 bits per heavy atom. The van der Waals surface area contributed by atoms with Crippen molar-refractivity contribution in [3.05, 3.63) is 53.3 Å². The van der Waals surface area contributed by atoms with Gasteiger partial charge in [0.25, 0.3) is 5.91 Å². The first kappa shape index (κ1) is 26.6. The third-order valence-corrected chi connectivity index (χ3v) is 6.42. The van der Waals surface area contributed by atoms with E-state index in [2.05, 4.69) is 20.4 Å². The van der Waals surface area contributed by atoms with E-state index >= 15 is 0 Å². The number of aromatic nitrogens is 3. The van der Waals surface area contributed by atoms with Gasteiger partial charge in [-0.2, -0.15) is 0 Å². The molecule has 1 aliphatic heterocycles. The number of morpholine rings is 1. The van der Waals surface area contributed by atoms with Gasteiger partial charge in [0.1, 0.15) is 11.5 Å². The molecule has 0 unspecified atom stereocenters. The first-order valence-corrected chi connectivity index (χ1v) is 12.6. The predicted octanol–water partition coefficient (Wildman–Crippen LogP) is 2.59. The zero-order chi connectivity index (χ0) is 26.5. The highest BCUT2D eigenvalue weighted by molar-refractivity contribution is 5.92. The van der Waals surface area contributed by atoms with Gasteiger partial charge in [-0.1, -0.05) is 26.0 Å². The maximum Gasteiger partial charge on any atom is 0.289 e. The van der Waals surface area contributed by atoms with Gasteiger partial charge in [-0.15, -0.1) is 10.2 Å². The van der Waals surface area contributed by atoms with Crippen LogP contribution in [-0.2, 0) is 11.3 Å². The van der Waals surface area contributed by atoms with Gasteiger partial charge in [0, 0.05) is 44.5 Å². The summed E-state index contributed by atoms with van der Waals surface area (Å²) in [5, 5.41) is 32.5. The van der Waals surface area contributed by atoms with Crippen LogP contribution in [-0.4, -0.2) is 94.2 Å². The molecule has 10 nitrogen and oxygen atoms in total. The molecule has 1 aromatic heterocycles. The molecule has 10 heteroatoms. The van der Waals surface area contributed by atoms with Crippen LogP contribution in [0.15, 0.2) is 36.4 Å². The largest absolute Gasteiger partial charge is 0.508 e. The van der Waals surface area contributed by atoms with Crippen LogP contribution in [0.4, 0.5) is 0 Å². The van der Waals surface area contributed by atoms with Crippen molar-refractivity contribution >= 4 is 5.91 Å². The molecule has 198 valence electrons. The maximum atomic E-state index is 13.1. The van der Waals surface area contributed by atoms with Gasteiger partial charge >= 0.3 is 0 Å². The Labute approximate surface area is 217 Å². The fraction of sp³-hybridized carbons (Fsp3) is 0.444. The molecule has 2 heterocycles. The Balaban J connectivity index is 1.73. The molecule has 0 spiro atoms. The number of hydrogen-bond donors (Lipinski definition) is 3. The summed E-state index contributed by atoms with van der Waals surface area (Å²) in [6, 6.07) is 10.9. The number of amides is 1. The van der Waals surface area contributed by atoms with E-state index < -0.39 is 0 Å². The van der Waals surface area contributed by atoms with Gasteiger partial charge in [0.15, 0.2) is 5.82 Å². The number of phenolic OH excluding ortho intramolecular Hbond substituents is 2. The van der Waals surface area contributed by atoms with E-state index in [1.54, 1.807) is 10.6 Å². The van der Waals surface area contributed by atoms with Crippen LogP contribution in [0, 0.1) is 0 Å². The number of phenols is 2. The minimum absolute atomic E-state index is 0.0106. The van der Waals surface area contributed by atoms with Crippen molar-refractivity contribution in [2.45, 2.75) is 26.3 Å². The standard InChI is InChI=1S/C27H36N6O4/c1-18(2)21-15-22(24(35)16-23(21)34)25-29-30-26(27(36)28-9-10-31(3)4)33(25)20-7-5-19(6-8-20)17-32-11-13-37-14-12-32/h5-8,15-16,18,34-35H,9-14,17H2,1-4H3,(H,28,36). The number of ether oxygens (including phenoxy) is 1. The van der Waals surface area contributed by atoms with E-state index in [4.69, 9.17) is 4.74 Å². The van der Waals surface area contributed by atoms with Crippen LogP contribution in [0.3, 0.4) is 0 Å². The molecule has 3 aromatic rings. The Bertz CT molecular complexity index is 1220. The average molecular weight is 509 g/mol. The number of hydrogen-bond acceptors (Lipinski definition) is 8. The zero-order valence-electron chi connectivity index (χ0n) is 21.9. The first-order chi connectivity index (χ1) is 17.7. The number of benzene rings is 2. The highest BCUT2D eigenvalue weighted by atomic mass is 16.5. The normalized spacial score (nSPS) is 14.4. The Hall–Kier alpha value is -3.47. The molecular formula is C27H36N6O4. The van der Waals surface area contributed by atoms with Crippen molar-refractivity contribution in [1.29, 1.82) is 0 Å². The van der Waals surface area contributed by atoms with E-state index in [-0.39, 0.29) is 29.1 Å². The second-order valence-corrected chi connectivity index (χ2v) is 9.88.